The zero-order valence-electron chi connectivity index (χ0n) is 21.2. The average Bonchev–Trinajstić information content (AvgIpc) is 3.16. The molecule has 10 heteroatoms. The maximum absolute atomic E-state index is 13.1. The summed E-state index contributed by atoms with van der Waals surface area (Å²) in [6.45, 7) is 0.167. The Bertz CT molecular complexity index is 1980. The molecule has 5 aromatic carbocycles. The van der Waals surface area contributed by atoms with Gasteiger partial charge in [-0.1, -0.05) is 60.7 Å². The molecule has 2 N–H and O–H groups in total. The fourth-order valence-electron chi connectivity index (χ4n) is 5.04. The molecule has 0 bridgehead atoms. The van der Waals surface area contributed by atoms with Crippen molar-refractivity contribution in [1.82, 2.24) is 0 Å². The Kier molecular flexibility index (Phi) is 6.44. The minimum absolute atomic E-state index is 0.0615. The van der Waals surface area contributed by atoms with Crippen molar-refractivity contribution in [3.63, 3.8) is 0 Å². The summed E-state index contributed by atoms with van der Waals surface area (Å²) in [5.74, 6) is -0.295. The van der Waals surface area contributed by atoms with Gasteiger partial charge in [0.05, 0.1) is 21.2 Å². The molecule has 1 amide bonds. The van der Waals surface area contributed by atoms with Crippen molar-refractivity contribution in [2.24, 2.45) is 0 Å². The third-order valence-electron chi connectivity index (χ3n) is 6.93. The zero-order chi connectivity index (χ0) is 27.9. The molecule has 0 unspecified atom stereocenters. The second-order valence-electron chi connectivity index (χ2n) is 9.52. The first-order chi connectivity index (χ1) is 19.2. The second-order valence-corrected chi connectivity index (χ2v) is 13.0. The van der Waals surface area contributed by atoms with E-state index in [-0.39, 0.29) is 28.7 Å². The van der Waals surface area contributed by atoms with Gasteiger partial charge in [-0.25, -0.2) is 16.8 Å². The molecule has 0 saturated carbocycles. The Morgan fingerprint density at radius 2 is 1.45 bits per heavy atom. The third-order valence-corrected chi connectivity index (χ3v) is 10.2. The maximum Gasteiger partial charge on any atom is 0.265 e. The molecule has 0 saturated heterocycles. The number of nitrogens with one attached hydrogen (secondary N) is 2. The van der Waals surface area contributed by atoms with E-state index < -0.39 is 20.0 Å². The van der Waals surface area contributed by atoms with Crippen LogP contribution in [0, 0.1) is 0 Å². The monoisotopic (exact) mass is 571 g/mol. The van der Waals surface area contributed by atoms with E-state index in [0.29, 0.717) is 28.9 Å². The largest absolute Gasteiger partial charge is 0.326 e. The van der Waals surface area contributed by atoms with Crippen LogP contribution in [0.5, 0.6) is 0 Å². The highest BCUT2D eigenvalue weighted by molar-refractivity contribution is 7.93. The number of fused-ring (bicyclic) bond motifs is 1. The van der Waals surface area contributed by atoms with Crippen LogP contribution in [0.4, 0.5) is 17.1 Å². The lowest BCUT2D eigenvalue weighted by Crippen LogP contribution is -2.28. The summed E-state index contributed by atoms with van der Waals surface area (Å²) in [4.78, 5) is 12.9. The topological polar surface area (TPSA) is 113 Å². The number of anilines is 3. The smallest absolute Gasteiger partial charge is 0.265 e. The van der Waals surface area contributed by atoms with Crippen molar-refractivity contribution in [3.05, 3.63) is 103 Å². The number of benzene rings is 5. The van der Waals surface area contributed by atoms with E-state index in [2.05, 4.69) is 10.0 Å². The molecule has 202 valence electrons. The summed E-state index contributed by atoms with van der Waals surface area (Å²) in [5, 5.41) is 6.03. The average molecular weight is 572 g/mol. The predicted octanol–water partition coefficient (Wildman–Crippen LogP) is 5.72. The molecule has 0 aromatic heterocycles. The maximum atomic E-state index is 13.1. The van der Waals surface area contributed by atoms with Gasteiger partial charge < -0.3 is 5.32 Å². The van der Waals surface area contributed by atoms with Crippen LogP contribution in [-0.2, 0) is 24.8 Å². The number of carbonyl (C=O) groups excluding carboxylic acids is 1. The number of nitrogens with zero attached hydrogens (tertiary/aromatic N) is 1. The van der Waals surface area contributed by atoms with Crippen LogP contribution in [-0.4, -0.2) is 29.3 Å². The van der Waals surface area contributed by atoms with Gasteiger partial charge in [0.25, 0.3) is 20.0 Å². The quantitative estimate of drug-likeness (QED) is 0.247. The van der Waals surface area contributed by atoms with Crippen LogP contribution >= 0.6 is 0 Å². The lowest BCUT2D eigenvalue weighted by atomic mass is 10.1. The highest BCUT2D eigenvalue weighted by Gasteiger charge is 2.35. The normalized spacial score (nSPS) is 13.9. The number of amides is 1. The summed E-state index contributed by atoms with van der Waals surface area (Å²) in [6.07, 6.45) is 0.415. The Balaban J connectivity index is 1.08. The first-order valence-electron chi connectivity index (χ1n) is 12.7. The fourth-order valence-corrected chi connectivity index (χ4v) is 7.87. The highest BCUT2D eigenvalue weighted by atomic mass is 32.2. The van der Waals surface area contributed by atoms with Gasteiger partial charge in [-0.2, -0.15) is 0 Å². The van der Waals surface area contributed by atoms with Gasteiger partial charge in [-0.15, -0.1) is 0 Å². The van der Waals surface area contributed by atoms with Crippen molar-refractivity contribution in [1.29, 1.82) is 0 Å². The minimum atomic E-state index is -3.85. The highest BCUT2D eigenvalue weighted by Crippen LogP contribution is 2.42. The standard InChI is InChI=1S/C30H25N3O5S2/c34-29(15-6-20-33-27-13-4-9-22-10-5-14-28(30(22)27)40(33,37)38)31-23-16-18-24(19-17-23)39(35,36)32-26-12-3-8-21-7-1-2-11-25(21)26/h1-5,7-14,16-19,32H,6,15,20H2,(H,31,34). The molecule has 40 heavy (non-hydrogen) atoms. The van der Waals surface area contributed by atoms with Gasteiger partial charge in [0.15, 0.2) is 0 Å². The van der Waals surface area contributed by atoms with Crippen LogP contribution < -0.4 is 14.3 Å². The summed E-state index contributed by atoms with van der Waals surface area (Å²) in [7, 11) is -7.52. The molecule has 0 atom stereocenters. The van der Waals surface area contributed by atoms with Crippen molar-refractivity contribution in [2.75, 3.05) is 20.9 Å². The van der Waals surface area contributed by atoms with Crippen LogP contribution in [0.3, 0.4) is 0 Å². The van der Waals surface area contributed by atoms with Gasteiger partial charge in [0.1, 0.15) is 0 Å². The van der Waals surface area contributed by atoms with Gasteiger partial charge in [-0.3, -0.25) is 13.8 Å². The van der Waals surface area contributed by atoms with E-state index in [9.17, 15) is 21.6 Å². The molecule has 5 aromatic rings. The molecule has 1 aliphatic heterocycles. The summed E-state index contributed by atoms with van der Waals surface area (Å²) in [6, 6.07) is 29.5. The van der Waals surface area contributed by atoms with Crippen molar-refractivity contribution in [2.45, 2.75) is 22.6 Å². The molecule has 0 radical (unpaired) electrons. The molecule has 0 aliphatic carbocycles. The number of hydrogen-bond donors (Lipinski definition) is 2. The number of sulfonamides is 2. The number of rotatable bonds is 8. The summed E-state index contributed by atoms with van der Waals surface area (Å²) < 4.78 is 56.2. The summed E-state index contributed by atoms with van der Waals surface area (Å²) >= 11 is 0. The molecule has 1 aliphatic rings. The molecular formula is C30H25N3O5S2. The minimum Gasteiger partial charge on any atom is -0.326 e. The predicted molar refractivity (Wildman–Crippen MR) is 158 cm³/mol. The Labute approximate surface area is 232 Å². The third kappa shape index (κ3) is 4.65. The van der Waals surface area contributed by atoms with Crippen LogP contribution in [0.15, 0.2) is 113 Å². The first kappa shape index (κ1) is 25.8. The number of hydrogen-bond acceptors (Lipinski definition) is 5. The fraction of sp³-hybridized carbons (Fsp3) is 0.100. The molecule has 0 fully saturated rings. The summed E-state index contributed by atoms with van der Waals surface area (Å²) in [5.41, 5.74) is 1.55. The van der Waals surface area contributed by atoms with Gasteiger partial charge >= 0.3 is 0 Å². The van der Waals surface area contributed by atoms with Crippen LogP contribution in [0.2, 0.25) is 0 Å². The Morgan fingerprint density at radius 3 is 2.25 bits per heavy atom. The van der Waals surface area contributed by atoms with Gasteiger partial charge in [0, 0.05) is 29.4 Å². The van der Waals surface area contributed by atoms with E-state index >= 15 is 0 Å². The molecular weight excluding hydrogens is 546 g/mol. The first-order valence-corrected chi connectivity index (χ1v) is 15.6. The molecule has 8 nitrogen and oxygen atoms in total. The zero-order valence-corrected chi connectivity index (χ0v) is 22.9. The van der Waals surface area contributed by atoms with E-state index in [4.69, 9.17) is 0 Å². The molecule has 6 rings (SSSR count). The van der Waals surface area contributed by atoms with E-state index in [1.807, 2.05) is 48.5 Å². The Hall–Kier alpha value is -4.41. The molecule has 0 spiro atoms. The Morgan fingerprint density at radius 1 is 0.775 bits per heavy atom. The lowest BCUT2D eigenvalue weighted by Gasteiger charge is -2.18. The van der Waals surface area contributed by atoms with E-state index in [1.54, 1.807) is 30.3 Å². The van der Waals surface area contributed by atoms with Gasteiger partial charge in [-0.05, 0) is 59.7 Å². The number of carbonyl (C=O) groups is 1. The van der Waals surface area contributed by atoms with Crippen LogP contribution in [0.25, 0.3) is 21.5 Å². The lowest BCUT2D eigenvalue weighted by molar-refractivity contribution is -0.116. The van der Waals surface area contributed by atoms with Gasteiger partial charge in [0.2, 0.25) is 5.91 Å². The van der Waals surface area contributed by atoms with Crippen molar-refractivity contribution < 1.29 is 21.6 Å². The van der Waals surface area contributed by atoms with Crippen molar-refractivity contribution in [3.8, 4) is 0 Å². The van der Waals surface area contributed by atoms with Crippen LogP contribution in [0.1, 0.15) is 12.8 Å². The van der Waals surface area contributed by atoms with E-state index in [0.717, 1.165) is 16.2 Å². The second kappa shape index (κ2) is 9.96. The molecule has 1 heterocycles. The van der Waals surface area contributed by atoms with E-state index in [1.165, 1.54) is 28.6 Å². The SMILES string of the molecule is O=C(CCCN1c2cccc3cccc(c23)S1(=O)=O)Nc1ccc(S(=O)(=O)Nc2cccc3ccccc23)cc1. The van der Waals surface area contributed by atoms with Crippen molar-refractivity contribution >= 4 is 64.6 Å².